The number of benzene rings is 1. The van der Waals surface area contributed by atoms with Crippen LogP contribution in [0.15, 0.2) is 30.3 Å². The fraction of sp³-hybridized carbons (Fsp3) is 0.500. The van der Waals surface area contributed by atoms with Gasteiger partial charge in [-0.25, -0.2) is 4.98 Å². The van der Waals surface area contributed by atoms with Crippen molar-refractivity contribution in [2.75, 3.05) is 16.8 Å². The summed E-state index contributed by atoms with van der Waals surface area (Å²) in [6.45, 7) is 7.50. The number of anilines is 3. The number of hydrogen-bond donors (Lipinski definition) is 1. The van der Waals surface area contributed by atoms with Crippen LogP contribution in [0.4, 0.5) is 17.5 Å². The van der Waals surface area contributed by atoms with E-state index in [1.165, 1.54) is 6.42 Å². The summed E-state index contributed by atoms with van der Waals surface area (Å²) in [6.07, 6.45) is 4.91. The summed E-state index contributed by atoms with van der Waals surface area (Å²) in [4.78, 5) is 25.0. The molecule has 27 heavy (non-hydrogen) atoms. The molecule has 2 heterocycles. The van der Waals surface area contributed by atoms with E-state index in [9.17, 15) is 4.79 Å². The molecular weight excluding hydrogens is 336 g/mol. The Labute approximate surface area is 161 Å². The standard InChI is InChI=1S/C22H28N4O/c1-15-9-7-8-12-26(15)21-24-17-13-22(2,3)14-18(27)19(17)20(25-21)23-16-10-5-4-6-11-16/h4-6,10-11,15H,7-9,12-14H2,1-3H3,(H,23,24,25). The molecule has 1 fully saturated rings. The number of fused-ring (bicyclic) bond motifs is 1. The number of carbonyl (C=O) groups is 1. The highest BCUT2D eigenvalue weighted by Gasteiger charge is 2.35. The smallest absolute Gasteiger partial charge is 0.227 e. The van der Waals surface area contributed by atoms with Gasteiger partial charge in [-0.15, -0.1) is 0 Å². The number of rotatable bonds is 3. The second-order valence-corrected chi connectivity index (χ2v) is 8.66. The minimum atomic E-state index is -0.0623. The minimum absolute atomic E-state index is 0.0623. The van der Waals surface area contributed by atoms with Gasteiger partial charge in [0.05, 0.1) is 11.3 Å². The van der Waals surface area contributed by atoms with E-state index >= 15 is 0 Å². The van der Waals surface area contributed by atoms with Crippen LogP contribution >= 0.6 is 0 Å². The predicted octanol–water partition coefficient (Wildman–Crippen LogP) is 4.75. The van der Waals surface area contributed by atoms with E-state index in [-0.39, 0.29) is 11.2 Å². The van der Waals surface area contributed by atoms with Crippen molar-refractivity contribution >= 4 is 23.2 Å². The quantitative estimate of drug-likeness (QED) is 0.851. The summed E-state index contributed by atoms with van der Waals surface area (Å²) in [5.41, 5.74) is 2.44. The van der Waals surface area contributed by atoms with Gasteiger partial charge in [-0.2, -0.15) is 4.98 Å². The molecule has 4 rings (SSSR count). The third kappa shape index (κ3) is 3.68. The lowest BCUT2D eigenvalue weighted by molar-refractivity contribution is 0.0911. The van der Waals surface area contributed by atoms with Crippen LogP contribution in [0, 0.1) is 5.41 Å². The molecule has 142 valence electrons. The van der Waals surface area contributed by atoms with Crippen molar-refractivity contribution in [1.29, 1.82) is 0 Å². The van der Waals surface area contributed by atoms with Gasteiger partial charge in [0.1, 0.15) is 5.82 Å². The first kappa shape index (κ1) is 18.0. The van der Waals surface area contributed by atoms with Gasteiger partial charge in [-0.3, -0.25) is 4.79 Å². The average Bonchev–Trinajstić information content (AvgIpc) is 2.61. The van der Waals surface area contributed by atoms with Crippen LogP contribution in [0.1, 0.15) is 62.5 Å². The minimum Gasteiger partial charge on any atom is -0.339 e. The Morgan fingerprint density at radius 2 is 1.89 bits per heavy atom. The molecule has 1 aliphatic heterocycles. The molecule has 0 spiro atoms. The lowest BCUT2D eigenvalue weighted by Gasteiger charge is -2.35. The van der Waals surface area contributed by atoms with E-state index in [1.54, 1.807) is 0 Å². The van der Waals surface area contributed by atoms with E-state index in [0.29, 0.717) is 23.8 Å². The average molecular weight is 364 g/mol. The van der Waals surface area contributed by atoms with Crippen molar-refractivity contribution in [2.24, 2.45) is 5.41 Å². The maximum atomic E-state index is 12.9. The second-order valence-electron chi connectivity index (χ2n) is 8.66. The van der Waals surface area contributed by atoms with Gasteiger partial charge in [0.15, 0.2) is 5.78 Å². The third-order valence-corrected chi connectivity index (χ3v) is 5.63. The number of hydrogen-bond acceptors (Lipinski definition) is 5. The maximum Gasteiger partial charge on any atom is 0.227 e. The molecule has 1 atom stereocenters. The molecule has 1 unspecified atom stereocenters. The van der Waals surface area contributed by atoms with Gasteiger partial charge < -0.3 is 10.2 Å². The second kappa shape index (κ2) is 6.95. The first-order chi connectivity index (χ1) is 12.9. The first-order valence-electron chi connectivity index (χ1n) is 9.96. The summed E-state index contributed by atoms with van der Waals surface area (Å²) in [7, 11) is 0. The van der Waals surface area contributed by atoms with Gasteiger partial charge in [0.2, 0.25) is 5.95 Å². The zero-order valence-electron chi connectivity index (χ0n) is 16.5. The van der Waals surface area contributed by atoms with Crippen LogP contribution in [0.3, 0.4) is 0 Å². The SMILES string of the molecule is CC1CCCCN1c1nc2c(c(Nc3ccccc3)n1)C(=O)CC(C)(C)C2. The molecule has 0 bridgehead atoms. The fourth-order valence-electron chi connectivity index (χ4n) is 4.23. The van der Waals surface area contributed by atoms with Crippen LogP contribution in [0.2, 0.25) is 0 Å². The highest BCUT2D eigenvalue weighted by Crippen LogP contribution is 2.38. The van der Waals surface area contributed by atoms with Crippen LogP contribution in [-0.4, -0.2) is 28.3 Å². The lowest BCUT2D eigenvalue weighted by atomic mass is 9.75. The highest BCUT2D eigenvalue weighted by molar-refractivity contribution is 6.03. The van der Waals surface area contributed by atoms with Crippen molar-refractivity contribution in [3.8, 4) is 0 Å². The van der Waals surface area contributed by atoms with Crippen molar-refractivity contribution in [3.05, 3.63) is 41.6 Å². The number of carbonyl (C=O) groups excluding carboxylic acids is 1. The molecule has 1 N–H and O–H groups in total. The van der Waals surface area contributed by atoms with E-state index in [2.05, 4.69) is 31.0 Å². The fourth-order valence-corrected chi connectivity index (χ4v) is 4.23. The predicted molar refractivity (Wildman–Crippen MR) is 109 cm³/mol. The van der Waals surface area contributed by atoms with Gasteiger partial charge in [-0.1, -0.05) is 32.0 Å². The van der Waals surface area contributed by atoms with Crippen molar-refractivity contribution < 1.29 is 4.79 Å². The molecule has 1 aromatic carbocycles. The van der Waals surface area contributed by atoms with E-state index in [4.69, 9.17) is 9.97 Å². The summed E-state index contributed by atoms with van der Waals surface area (Å²) < 4.78 is 0. The van der Waals surface area contributed by atoms with Crippen LogP contribution < -0.4 is 10.2 Å². The van der Waals surface area contributed by atoms with E-state index < -0.39 is 0 Å². The number of piperidine rings is 1. The van der Waals surface area contributed by atoms with Crippen LogP contribution in [0.5, 0.6) is 0 Å². The van der Waals surface area contributed by atoms with Gasteiger partial charge in [0.25, 0.3) is 0 Å². The zero-order chi connectivity index (χ0) is 19.0. The van der Waals surface area contributed by atoms with E-state index in [1.807, 2.05) is 30.3 Å². The molecule has 2 aliphatic rings. The van der Waals surface area contributed by atoms with E-state index in [0.717, 1.165) is 43.1 Å². The molecular formula is C22H28N4O. The zero-order valence-corrected chi connectivity index (χ0v) is 16.5. The number of nitrogens with zero attached hydrogens (tertiary/aromatic N) is 3. The van der Waals surface area contributed by atoms with Crippen LogP contribution in [-0.2, 0) is 6.42 Å². The number of aromatic nitrogens is 2. The number of Topliss-reactive ketones (excluding diaryl/α,β-unsaturated/α-hetero) is 1. The van der Waals surface area contributed by atoms with Crippen molar-refractivity contribution in [2.45, 2.75) is 58.9 Å². The molecule has 1 aliphatic carbocycles. The van der Waals surface area contributed by atoms with Crippen molar-refractivity contribution in [1.82, 2.24) is 9.97 Å². The maximum absolute atomic E-state index is 12.9. The Morgan fingerprint density at radius 1 is 1.11 bits per heavy atom. The normalized spacial score (nSPS) is 21.7. The molecule has 2 aromatic rings. The van der Waals surface area contributed by atoms with Gasteiger partial charge in [0, 0.05) is 24.7 Å². The Bertz CT molecular complexity index is 847. The summed E-state index contributed by atoms with van der Waals surface area (Å²) in [6, 6.07) is 10.4. The van der Waals surface area contributed by atoms with Gasteiger partial charge >= 0.3 is 0 Å². The Morgan fingerprint density at radius 3 is 2.63 bits per heavy atom. The third-order valence-electron chi connectivity index (χ3n) is 5.63. The molecule has 5 nitrogen and oxygen atoms in total. The summed E-state index contributed by atoms with van der Waals surface area (Å²) in [5, 5.41) is 3.39. The number of ketones is 1. The largest absolute Gasteiger partial charge is 0.339 e. The Balaban J connectivity index is 1.80. The monoisotopic (exact) mass is 364 g/mol. The Kier molecular flexibility index (Phi) is 4.62. The molecule has 0 saturated carbocycles. The molecule has 1 saturated heterocycles. The van der Waals surface area contributed by atoms with Crippen molar-refractivity contribution in [3.63, 3.8) is 0 Å². The molecule has 0 radical (unpaired) electrons. The lowest BCUT2D eigenvalue weighted by Crippen LogP contribution is -2.39. The van der Waals surface area contributed by atoms with Crippen LogP contribution in [0.25, 0.3) is 0 Å². The summed E-state index contributed by atoms with van der Waals surface area (Å²) in [5.74, 6) is 1.54. The van der Waals surface area contributed by atoms with Gasteiger partial charge in [-0.05, 0) is 50.2 Å². The molecule has 0 amide bonds. The number of nitrogens with one attached hydrogen (secondary N) is 1. The highest BCUT2D eigenvalue weighted by atomic mass is 16.1. The molecule has 5 heteroatoms. The topological polar surface area (TPSA) is 58.1 Å². The first-order valence-corrected chi connectivity index (χ1v) is 9.96. The molecule has 1 aromatic heterocycles. The Hall–Kier alpha value is -2.43. The summed E-state index contributed by atoms with van der Waals surface area (Å²) >= 11 is 0. The number of para-hydroxylation sites is 1.